The number of hydrogen-bond donors (Lipinski definition) is 2. The molecule has 2 N–H and O–H groups in total. The van der Waals surface area contributed by atoms with Crippen molar-refractivity contribution >= 4 is 28.0 Å². The maximum atomic E-state index is 12.5. The lowest BCUT2D eigenvalue weighted by atomic mass is 10.1. The Hall–Kier alpha value is -2.82. The molecule has 1 atom stereocenters. The Bertz CT molecular complexity index is 935. The maximum Gasteiger partial charge on any atom is 0.408 e. The minimum absolute atomic E-state index is 0.110. The van der Waals surface area contributed by atoms with E-state index in [2.05, 4.69) is 10.6 Å². The van der Waals surface area contributed by atoms with Crippen LogP contribution in [-0.4, -0.2) is 61.9 Å². The molecule has 0 saturated heterocycles. The summed E-state index contributed by atoms with van der Waals surface area (Å²) in [5.74, 6) is -1.31. The van der Waals surface area contributed by atoms with E-state index in [4.69, 9.17) is 14.2 Å². The number of carbonyl (C=O) groups is 3. The van der Waals surface area contributed by atoms with Gasteiger partial charge in [0.05, 0.1) is 11.5 Å². The molecule has 1 rings (SSSR count). The molecule has 1 aromatic carbocycles. The van der Waals surface area contributed by atoms with Crippen LogP contribution in [0, 0.1) is 0 Å². The zero-order valence-electron chi connectivity index (χ0n) is 21.4. The Morgan fingerprint density at radius 2 is 1.49 bits per heavy atom. The number of ether oxygens (including phenoxy) is 3. The highest BCUT2D eigenvalue weighted by Gasteiger charge is 2.30. The molecule has 0 spiro atoms. The van der Waals surface area contributed by atoms with E-state index in [1.165, 1.54) is 0 Å². The number of nitrogens with one attached hydrogen (secondary N) is 2. The van der Waals surface area contributed by atoms with Crippen molar-refractivity contribution in [2.75, 3.05) is 18.1 Å². The Kier molecular flexibility index (Phi) is 11.5. The van der Waals surface area contributed by atoms with Crippen molar-refractivity contribution in [3.63, 3.8) is 0 Å². The third-order valence-corrected chi connectivity index (χ3v) is 5.98. The first-order chi connectivity index (χ1) is 16.1. The lowest BCUT2D eigenvalue weighted by Crippen LogP contribution is -2.46. The quantitative estimate of drug-likeness (QED) is 0.261. The van der Waals surface area contributed by atoms with E-state index < -0.39 is 45.2 Å². The standard InChI is InChI=1S/C24H38N2O8S/c1-23(2,3)33-20(27)19(26-22(29)34-24(4,5)6)13-16-35(30,31)15-10-14-25-21(28)32-17-18-11-8-7-9-12-18/h7-9,11-12,19H,10,13-17H2,1-6H3,(H,25,28)(H,26,29)/t19-/m0/s1. The van der Waals surface area contributed by atoms with Gasteiger partial charge in [-0.3, -0.25) is 0 Å². The van der Waals surface area contributed by atoms with Crippen LogP contribution in [0.4, 0.5) is 9.59 Å². The van der Waals surface area contributed by atoms with Crippen LogP contribution >= 0.6 is 0 Å². The van der Waals surface area contributed by atoms with E-state index >= 15 is 0 Å². The van der Waals surface area contributed by atoms with Gasteiger partial charge in [0, 0.05) is 6.54 Å². The fourth-order valence-electron chi connectivity index (χ4n) is 2.73. The van der Waals surface area contributed by atoms with Gasteiger partial charge in [-0.05, 0) is 59.9 Å². The average Bonchev–Trinajstić information content (AvgIpc) is 2.71. The zero-order chi connectivity index (χ0) is 26.7. The van der Waals surface area contributed by atoms with Crippen molar-refractivity contribution in [3.05, 3.63) is 35.9 Å². The molecular formula is C24H38N2O8S. The SMILES string of the molecule is CC(C)(C)OC(=O)N[C@@H](CCS(=O)(=O)CCCNC(=O)OCc1ccccc1)C(=O)OC(C)(C)C. The van der Waals surface area contributed by atoms with Gasteiger partial charge in [-0.15, -0.1) is 0 Å². The minimum atomic E-state index is -3.57. The lowest BCUT2D eigenvalue weighted by molar-refractivity contribution is -0.157. The van der Waals surface area contributed by atoms with Crippen LogP contribution < -0.4 is 10.6 Å². The highest BCUT2D eigenvalue weighted by atomic mass is 32.2. The van der Waals surface area contributed by atoms with Crippen molar-refractivity contribution in [1.29, 1.82) is 0 Å². The molecule has 10 nitrogen and oxygen atoms in total. The van der Waals surface area contributed by atoms with E-state index in [9.17, 15) is 22.8 Å². The molecule has 0 fully saturated rings. The number of alkyl carbamates (subject to hydrolysis) is 2. The van der Waals surface area contributed by atoms with Gasteiger partial charge in [0.25, 0.3) is 0 Å². The third-order valence-electron chi connectivity index (χ3n) is 4.21. The average molecular weight is 515 g/mol. The van der Waals surface area contributed by atoms with Crippen molar-refractivity contribution in [1.82, 2.24) is 10.6 Å². The summed E-state index contributed by atoms with van der Waals surface area (Å²) in [6.07, 6.45) is -1.50. The topological polar surface area (TPSA) is 137 Å². The highest BCUT2D eigenvalue weighted by molar-refractivity contribution is 7.91. The first kappa shape index (κ1) is 30.2. The number of carbonyl (C=O) groups excluding carboxylic acids is 3. The molecule has 2 amide bonds. The molecular weight excluding hydrogens is 476 g/mol. The van der Waals surface area contributed by atoms with Crippen molar-refractivity contribution < 1.29 is 37.0 Å². The number of benzene rings is 1. The monoisotopic (exact) mass is 514 g/mol. The third kappa shape index (κ3) is 14.9. The number of rotatable bonds is 11. The predicted molar refractivity (Wildman–Crippen MR) is 132 cm³/mol. The Morgan fingerprint density at radius 3 is 2.06 bits per heavy atom. The van der Waals surface area contributed by atoms with Gasteiger partial charge in [-0.2, -0.15) is 0 Å². The van der Waals surface area contributed by atoms with E-state index in [1.54, 1.807) is 41.5 Å². The van der Waals surface area contributed by atoms with Gasteiger partial charge in [0.15, 0.2) is 0 Å². The molecule has 0 saturated carbocycles. The Balaban J connectivity index is 2.52. The zero-order valence-corrected chi connectivity index (χ0v) is 22.2. The van der Waals surface area contributed by atoms with Gasteiger partial charge < -0.3 is 24.8 Å². The van der Waals surface area contributed by atoms with Gasteiger partial charge in [-0.1, -0.05) is 30.3 Å². The van der Waals surface area contributed by atoms with E-state index in [0.29, 0.717) is 0 Å². The summed E-state index contributed by atoms with van der Waals surface area (Å²) in [4.78, 5) is 36.4. The second-order valence-corrected chi connectivity index (χ2v) is 12.3. The lowest BCUT2D eigenvalue weighted by Gasteiger charge is -2.26. The summed E-state index contributed by atoms with van der Waals surface area (Å²) >= 11 is 0. The smallest absolute Gasteiger partial charge is 0.408 e. The van der Waals surface area contributed by atoms with Crippen molar-refractivity contribution in [2.24, 2.45) is 0 Å². The van der Waals surface area contributed by atoms with Crippen molar-refractivity contribution in [2.45, 2.75) is 78.2 Å². The molecule has 0 radical (unpaired) electrons. The van der Waals surface area contributed by atoms with Crippen LogP contribution in [0.3, 0.4) is 0 Å². The normalized spacial score (nSPS) is 12.9. The summed E-state index contributed by atoms with van der Waals surface area (Å²) in [6, 6.07) is 7.97. The fraction of sp³-hybridized carbons (Fsp3) is 0.625. The molecule has 0 aromatic heterocycles. The Morgan fingerprint density at radius 1 is 0.886 bits per heavy atom. The number of hydrogen-bond acceptors (Lipinski definition) is 8. The van der Waals surface area contributed by atoms with Crippen LogP contribution in [0.1, 0.15) is 59.9 Å². The number of esters is 1. The van der Waals surface area contributed by atoms with E-state index in [0.717, 1.165) is 5.56 Å². The fourth-order valence-corrected chi connectivity index (χ4v) is 4.11. The maximum absolute atomic E-state index is 12.5. The molecule has 0 unspecified atom stereocenters. The van der Waals surface area contributed by atoms with Gasteiger partial charge in [0.2, 0.25) is 0 Å². The molecule has 0 bridgehead atoms. The largest absolute Gasteiger partial charge is 0.458 e. The van der Waals surface area contributed by atoms with Gasteiger partial charge in [0.1, 0.15) is 33.7 Å². The van der Waals surface area contributed by atoms with Crippen LogP contribution in [-0.2, 0) is 35.4 Å². The van der Waals surface area contributed by atoms with Crippen LogP contribution in [0.5, 0.6) is 0 Å². The number of amides is 2. The summed E-state index contributed by atoms with van der Waals surface area (Å²) in [7, 11) is -3.57. The first-order valence-corrected chi connectivity index (χ1v) is 13.3. The first-order valence-electron chi connectivity index (χ1n) is 11.4. The van der Waals surface area contributed by atoms with Crippen LogP contribution in [0.2, 0.25) is 0 Å². The molecule has 1 aromatic rings. The summed E-state index contributed by atoms with van der Waals surface area (Å²) in [5.41, 5.74) is -0.765. The molecule has 0 aliphatic carbocycles. The highest BCUT2D eigenvalue weighted by Crippen LogP contribution is 2.13. The summed E-state index contributed by atoms with van der Waals surface area (Å²) < 4.78 is 40.5. The summed E-state index contributed by atoms with van der Waals surface area (Å²) in [6.45, 7) is 10.2. The predicted octanol–water partition coefficient (Wildman–Crippen LogP) is 3.34. The summed E-state index contributed by atoms with van der Waals surface area (Å²) in [5, 5.41) is 4.91. The molecule has 0 aliphatic heterocycles. The second kappa shape index (κ2) is 13.3. The van der Waals surface area contributed by atoms with E-state index in [-0.39, 0.29) is 37.5 Å². The van der Waals surface area contributed by atoms with Crippen LogP contribution in [0.15, 0.2) is 30.3 Å². The second-order valence-electron chi connectivity index (χ2n) is 10.0. The molecule has 0 aliphatic rings. The minimum Gasteiger partial charge on any atom is -0.458 e. The van der Waals surface area contributed by atoms with Crippen LogP contribution in [0.25, 0.3) is 0 Å². The van der Waals surface area contributed by atoms with Gasteiger partial charge >= 0.3 is 18.2 Å². The van der Waals surface area contributed by atoms with Crippen molar-refractivity contribution in [3.8, 4) is 0 Å². The van der Waals surface area contributed by atoms with E-state index in [1.807, 2.05) is 30.3 Å². The molecule has 11 heteroatoms. The molecule has 0 heterocycles. The number of sulfone groups is 1. The molecule has 198 valence electrons. The van der Waals surface area contributed by atoms with Gasteiger partial charge in [-0.25, -0.2) is 22.8 Å². The Labute approximate surface area is 208 Å². The molecule has 35 heavy (non-hydrogen) atoms.